The van der Waals surface area contributed by atoms with E-state index in [-0.39, 0.29) is 12.1 Å². The Morgan fingerprint density at radius 1 is 1.53 bits per heavy atom. The van der Waals surface area contributed by atoms with Crippen LogP contribution in [0.25, 0.3) is 0 Å². The number of nitrogens with zero attached hydrogens (tertiary/aromatic N) is 1. The van der Waals surface area contributed by atoms with Gasteiger partial charge in [-0.1, -0.05) is 0 Å². The van der Waals surface area contributed by atoms with Gasteiger partial charge in [-0.3, -0.25) is 0 Å². The molecule has 15 heavy (non-hydrogen) atoms. The fraction of sp³-hybridized carbons (Fsp3) is 1.00. The van der Waals surface area contributed by atoms with E-state index in [4.69, 9.17) is 4.74 Å². The summed E-state index contributed by atoms with van der Waals surface area (Å²) < 4.78 is 5.05. The van der Waals surface area contributed by atoms with E-state index in [0.717, 1.165) is 45.5 Å². The SMILES string of the molecule is CNC1(CO)CCCN(CCCOC)C1. The molecule has 1 unspecified atom stereocenters. The van der Waals surface area contributed by atoms with E-state index in [0.29, 0.717) is 0 Å². The molecule has 0 saturated carbocycles. The fourth-order valence-corrected chi connectivity index (χ4v) is 2.26. The number of aliphatic hydroxyl groups is 1. The highest BCUT2D eigenvalue weighted by Gasteiger charge is 2.32. The summed E-state index contributed by atoms with van der Waals surface area (Å²) in [6.45, 7) is 4.21. The van der Waals surface area contributed by atoms with E-state index in [9.17, 15) is 5.11 Å². The van der Waals surface area contributed by atoms with Crippen molar-refractivity contribution in [2.45, 2.75) is 24.8 Å². The molecule has 0 aromatic heterocycles. The van der Waals surface area contributed by atoms with Crippen molar-refractivity contribution in [3.63, 3.8) is 0 Å². The maximum absolute atomic E-state index is 9.42. The van der Waals surface area contributed by atoms with Crippen LogP contribution in [0.1, 0.15) is 19.3 Å². The first-order valence-electron chi connectivity index (χ1n) is 5.77. The Bertz CT molecular complexity index is 172. The van der Waals surface area contributed by atoms with E-state index in [1.807, 2.05) is 7.05 Å². The van der Waals surface area contributed by atoms with Gasteiger partial charge in [-0.05, 0) is 32.9 Å². The molecule has 0 aromatic rings. The lowest BCUT2D eigenvalue weighted by Crippen LogP contribution is -2.58. The monoisotopic (exact) mass is 216 g/mol. The number of likely N-dealkylation sites (N-methyl/N-ethyl adjacent to an activating group) is 1. The zero-order valence-corrected chi connectivity index (χ0v) is 9.96. The van der Waals surface area contributed by atoms with Crippen LogP contribution in [0.2, 0.25) is 0 Å². The van der Waals surface area contributed by atoms with Crippen molar-refractivity contribution in [3.05, 3.63) is 0 Å². The lowest BCUT2D eigenvalue weighted by atomic mass is 9.90. The van der Waals surface area contributed by atoms with Crippen molar-refractivity contribution in [2.75, 3.05) is 47.0 Å². The van der Waals surface area contributed by atoms with Crippen LogP contribution in [-0.2, 0) is 4.74 Å². The first-order chi connectivity index (χ1) is 7.26. The zero-order valence-electron chi connectivity index (χ0n) is 9.96. The second-order valence-corrected chi connectivity index (χ2v) is 4.41. The number of methoxy groups -OCH3 is 1. The lowest BCUT2D eigenvalue weighted by Gasteiger charge is -2.41. The Kier molecular flexibility index (Phi) is 5.53. The third-order valence-electron chi connectivity index (χ3n) is 3.31. The largest absolute Gasteiger partial charge is 0.394 e. The third-order valence-corrected chi connectivity index (χ3v) is 3.31. The van der Waals surface area contributed by atoms with Gasteiger partial charge in [0.25, 0.3) is 0 Å². The van der Waals surface area contributed by atoms with Gasteiger partial charge in [0.05, 0.1) is 12.1 Å². The second-order valence-electron chi connectivity index (χ2n) is 4.41. The molecule has 1 atom stereocenters. The smallest absolute Gasteiger partial charge is 0.0625 e. The molecule has 0 spiro atoms. The molecule has 1 aliphatic heterocycles. The fourth-order valence-electron chi connectivity index (χ4n) is 2.26. The van der Waals surface area contributed by atoms with Crippen molar-refractivity contribution in [2.24, 2.45) is 0 Å². The van der Waals surface area contributed by atoms with Gasteiger partial charge in [0.1, 0.15) is 0 Å². The lowest BCUT2D eigenvalue weighted by molar-refractivity contribution is 0.0672. The minimum absolute atomic E-state index is 0.0781. The predicted octanol–water partition coefficient (Wildman–Crippen LogP) is 0.0692. The maximum Gasteiger partial charge on any atom is 0.0625 e. The van der Waals surface area contributed by atoms with Crippen LogP contribution in [0.15, 0.2) is 0 Å². The van der Waals surface area contributed by atoms with Crippen molar-refractivity contribution in [1.29, 1.82) is 0 Å². The number of rotatable bonds is 6. The molecule has 1 heterocycles. The van der Waals surface area contributed by atoms with Crippen molar-refractivity contribution >= 4 is 0 Å². The van der Waals surface area contributed by atoms with Crippen LogP contribution in [0.4, 0.5) is 0 Å². The van der Waals surface area contributed by atoms with E-state index < -0.39 is 0 Å². The van der Waals surface area contributed by atoms with Gasteiger partial charge in [-0.2, -0.15) is 0 Å². The molecule has 1 saturated heterocycles. The average Bonchev–Trinajstić information content (AvgIpc) is 2.30. The van der Waals surface area contributed by atoms with Gasteiger partial charge < -0.3 is 20.1 Å². The van der Waals surface area contributed by atoms with Crippen LogP contribution in [0, 0.1) is 0 Å². The molecule has 0 aliphatic carbocycles. The standard InChI is InChI=1S/C11H24N2O2/c1-12-11(10-14)5-3-6-13(9-11)7-4-8-15-2/h12,14H,3-10H2,1-2H3. The van der Waals surface area contributed by atoms with Crippen LogP contribution >= 0.6 is 0 Å². The minimum atomic E-state index is -0.0781. The highest BCUT2D eigenvalue weighted by Crippen LogP contribution is 2.20. The van der Waals surface area contributed by atoms with E-state index in [2.05, 4.69) is 10.2 Å². The van der Waals surface area contributed by atoms with Crippen molar-refractivity contribution < 1.29 is 9.84 Å². The molecule has 0 radical (unpaired) electrons. The quantitative estimate of drug-likeness (QED) is 0.617. The topological polar surface area (TPSA) is 44.7 Å². The summed E-state index contributed by atoms with van der Waals surface area (Å²) in [5, 5.41) is 12.7. The highest BCUT2D eigenvalue weighted by molar-refractivity contribution is 4.93. The van der Waals surface area contributed by atoms with Crippen LogP contribution in [0.3, 0.4) is 0 Å². The first-order valence-corrected chi connectivity index (χ1v) is 5.77. The number of piperidine rings is 1. The van der Waals surface area contributed by atoms with Crippen molar-refractivity contribution in [1.82, 2.24) is 10.2 Å². The van der Waals surface area contributed by atoms with Crippen LogP contribution in [0.5, 0.6) is 0 Å². The molecule has 0 amide bonds. The molecule has 4 heteroatoms. The van der Waals surface area contributed by atoms with E-state index >= 15 is 0 Å². The predicted molar refractivity (Wildman–Crippen MR) is 61.0 cm³/mol. The Balaban J connectivity index is 2.34. The number of likely N-dealkylation sites (tertiary alicyclic amines) is 1. The Morgan fingerprint density at radius 3 is 2.93 bits per heavy atom. The number of hydrogen-bond acceptors (Lipinski definition) is 4. The molecule has 0 bridgehead atoms. The molecule has 0 aromatic carbocycles. The van der Waals surface area contributed by atoms with Gasteiger partial charge in [-0.25, -0.2) is 0 Å². The normalized spacial score (nSPS) is 28.2. The van der Waals surface area contributed by atoms with E-state index in [1.165, 1.54) is 0 Å². The van der Waals surface area contributed by atoms with Gasteiger partial charge in [-0.15, -0.1) is 0 Å². The number of nitrogens with one attached hydrogen (secondary N) is 1. The van der Waals surface area contributed by atoms with Gasteiger partial charge in [0.2, 0.25) is 0 Å². The number of ether oxygens (including phenoxy) is 1. The zero-order chi connectivity index (χ0) is 11.1. The molecule has 1 aliphatic rings. The molecule has 1 rings (SSSR count). The molecular weight excluding hydrogens is 192 g/mol. The van der Waals surface area contributed by atoms with Crippen LogP contribution in [-0.4, -0.2) is 62.6 Å². The number of aliphatic hydroxyl groups excluding tert-OH is 1. The summed E-state index contributed by atoms with van der Waals surface area (Å²) >= 11 is 0. The molecule has 90 valence electrons. The summed E-state index contributed by atoms with van der Waals surface area (Å²) in [7, 11) is 3.68. The van der Waals surface area contributed by atoms with Gasteiger partial charge in [0.15, 0.2) is 0 Å². The summed E-state index contributed by atoms with van der Waals surface area (Å²) in [5.74, 6) is 0. The minimum Gasteiger partial charge on any atom is -0.394 e. The summed E-state index contributed by atoms with van der Waals surface area (Å²) in [5.41, 5.74) is -0.0781. The summed E-state index contributed by atoms with van der Waals surface area (Å²) in [6, 6.07) is 0. The maximum atomic E-state index is 9.42. The van der Waals surface area contributed by atoms with E-state index in [1.54, 1.807) is 7.11 Å². The Labute approximate surface area is 92.6 Å². The molecular formula is C11H24N2O2. The molecule has 4 nitrogen and oxygen atoms in total. The highest BCUT2D eigenvalue weighted by atomic mass is 16.5. The van der Waals surface area contributed by atoms with Crippen LogP contribution < -0.4 is 5.32 Å². The van der Waals surface area contributed by atoms with Crippen molar-refractivity contribution in [3.8, 4) is 0 Å². The summed E-state index contributed by atoms with van der Waals surface area (Å²) in [6.07, 6.45) is 3.30. The second kappa shape index (κ2) is 6.43. The third kappa shape index (κ3) is 3.72. The Morgan fingerprint density at radius 2 is 2.33 bits per heavy atom. The molecule has 2 N–H and O–H groups in total. The molecule has 1 fully saturated rings. The summed E-state index contributed by atoms with van der Waals surface area (Å²) in [4.78, 5) is 2.41. The average molecular weight is 216 g/mol. The first kappa shape index (κ1) is 12.9. The van der Waals surface area contributed by atoms with Gasteiger partial charge in [0, 0.05) is 26.8 Å². The van der Waals surface area contributed by atoms with Gasteiger partial charge >= 0.3 is 0 Å². The number of hydrogen-bond donors (Lipinski definition) is 2. The Hall–Kier alpha value is -0.160.